The smallest absolute Gasteiger partial charge is 0.260 e. The molecule has 0 aliphatic carbocycles. The Morgan fingerprint density at radius 3 is 2.43 bits per heavy atom. The molecule has 1 rings (SSSR count). The molecule has 0 aliphatic heterocycles. The molecule has 0 aromatic heterocycles. The Balaban J connectivity index is 2.45. The van der Waals surface area contributed by atoms with Gasteiger partial charge in [0.05, 0.1) is 6.54 Å². The number of benzene rings is 1. The van der Waals surface area contributed by atoms with Crippen LogP contribution in [0.4, 0.5) is 0 Å². The Morgan fingerprint density at radius 2 is 1.86 bits per heavy atom. The second-order valence-corrected chi connectivity index (χ2v) is 6.10. The molecule has 0 aliphatic rings. The van der Waals surface area contributed by atoms with Crippen LogP contribution in [0.5, 0.6) is 5.75 Å². The molecule has 0 unspecified atom stereocenters. The Bertz CT molecular complexity index is 506. The molecule has 0 spiro atoms. The summed E-state index contributed by atoms with van der Waals surface area (Å²) in [4.78, 5) is 25.1. The molecule has 0 fully saturated rings. The molecule has 0 heterocycles. The molecule has 1 aromatic rings. The average molecular weight is 292 g/mol. The quantitative estimate of drug-likeness (QED) is 0.899. The van der Waals surface area contributed by atoms with E-state index >= 15 is 0 Å². The number of carbonyl (C=O) groups excluding carboxylic acids is 2. The third-order valence-corrected chi connectivity index (χ3v) is 2.77. The molecule has 21 heavy (non-hydrogen) atoms. The third-order valence-electron chi connectivity index (χ3n) is 2.77. The van der Waals surface area contributed by atoms with E-state index in [4.69, 9.17) is 4.74 Å². The third kappa shape index (κ3) is 6.29. The van der Waals surface area contributed by atoms with Crippen molar-refractivity contribution >= 4 is 11.8 Å². The van der Waals surface area contributed by atoms with E-state index < -0.39 is 0 Å². The first-order valence-electron chi connectivity index (χ1n) is 6.92. The summed E-state index contributed by atoms with van der Waals surface area (Å²) in [5.41, 5.74) is 0.664. The first-order valence-corrected chi connectivity index (χ1v) is 6.92. The van der Waals surface area contributed by atoms with Gasteiger partial charge < -0.3 is 15.0 Å². The number of amides is 2. The number of ether oxygens (including phenoxy) is 1. The second kappa shape index (κ2) is 7.11. The summed E-state index contributed by atoms with van der Waals surface area (Å²) < 4.78 is 5.48. The van der Waals surface area contributed by atoms with E-state index in [2.05, 4.69) is 5.32 Å². The van der Waals surface area contributed by atoms with Crippen LogP contribution in [0.15, 0.2) is 24.3 Å². The predicted molar refractivity (Wildman–Crippen MR) is 82.2 cm³/mol. The molecule has 1 aromatic carbocycles. The number of aryl methyl sites for hydroxylation is 1. The Morgan fingerprint density at radius 1 is 1.24 bits per heavy atom. The highest BCUT2D eigenvalue weighted by Gasteiger charge is 2.18. The van der Waals surface area contributed by atoms with E-state index in [9.17, 15) is 9.59 Å². The fraction of sp³-hybridized carbons (Fsp3) is 0.500. The van der Waals surface area contributed by atoms with Crippen LogP contribution in [0.25, 0.3) is 0 Å². The monoisotopic (exact) mass is 292 g/mol. The lowest BCUT2D eigenvalue weighted by Crippen LogP contribution is -2.47. The number of nitrogens with one attached hydrogen (secondary N) is 1. The number of likely N-dealkylation sites (N-methyl/N-ethyl adjacent to an activating group) is 1. The van der Waals surface area contributed by atoms with Crippen LogP contribution < -0.4 is 10.1 Å². The van der Waals surface area contributed by atoms with Gasteiger partial charge in [0.15, 0.2) is 6.61 Å². The summed E-state index contributed by atoms with van der Waals surface area (Å²) in [6.45, 7) is 7.55. The van der Waals surface area contributed by atoms with Crippen LogP contribution in [-0.4, -0.2) is 42.5 Å². The van der Waals surface area contributed by atoms with Crippen molar-refractivity contribution in [1.82, 2.24) is 10.2 Å². The molecular formula is C16H24N2O3. The van der Waals surface area contributed by atoms with Gasteiger partial charge in [-0.2, -0.15) is 0 Å². The zero-order valence-electron chi connectivity index (χ0n) is 13.4. The number of para-hydroxylation sites is 1. The maximum Gasteiger partial charge on any atom is 0.260 e. The fourth-order valence-electron chi connectivity index (χ4n) is 1.73. The first-order chi connectivity index (χ1) is 9.69. The van der Waals surface area contributed by atoms with Gasteiger partial charge in [-0.1, -0.05) is 18.2 Å². The van der Waals surface area contributed by atoms with Gasteiger partial charge in [0.2, 0.25) is 5.91 Å². The second-order valence-electron chi connectivity index (χ2n) is 6.10. The zero-order valence-corrected chi connectivity index (χ0v) is 13.4. The van der Waals surface area contributed by atoms with E-state index in [-0.39, 0.29) is 30.5 Å². The van der Waals surface area contributed by atoms with Crippen molar-refractivity contribution in [1.29, 1.82) is 0 Å². The lowest BCUT2D eigenvalue weighted by Gasteiger charge is -2.23. The van der Waals surface area contributed by atoms with Gasteiger partial charge in [0, 0.05) is 12.6 Å². The van der Waals surface area contributed by atoms with E-state index in [0.717, 1.165) is 5.56 Å². The molecule has 0 radical (unpaired) electrons. The minimum absolute atomic E-state index is 0.0211. The molecule has 1 N–H and O–H groups in total. The Kier molecular flexibility index (Phi) is 5.76. The molecular weight excluding hydrogens is 268 g/mol. The first kappa shape index (κ1) is 17.0. The van der Waals surface area contributed by atoms with Gasteiger partial charge >= 0.3 is 0 Å². The van der Waals surface area contributed by atoms with Gasteiger partial charge in [-0.3, -0.25) is 9.59 Å². The number of rotatable bonds is 5. The minimum Gasteiger partial charge on any atom is -0.484 e. The molecule has 5 nitrogen and oxygen atoms in total. The summed E-state index contributed by atoms with van der Waals surface area (Å²) >= 11 is 0. The largest absolute Gasteiger partial charge is 0.484 e. The summed E-state index contributed by atoms with van der Waals surface area (Å²) in [5, 5.41) is 2.81. The fourth-order valence-corrected chi connectivity index (χ4v) is 1.73. The number of hydrogen-bond donors (Lipinski definition) is 1. The zero-order chi connectivity index (χ0) is 16.0. The molecule has 2 amide bonds. The number of carbonyl (C=O) groups is 2. The summed E-state index contributed by atoms with van der Waals surface area (Å²) in [6, 6.07) is 7.50. The number of hydrogen-bond acceptors (Lipinski definition) is 3. The van der Waals surface area contributed by atoms with Crippen molar-refractivity contribution in [2.24, 2.45) is 0 Å². The van der Waals surface area contributed by atoms with Crippen LogP contribution in [0.1, 0.15) is 26.3 Å². The van der Waals surface area contributed by atoms with Crippen molar-refractivity contribution in [2.45, 2.75) is 33.2 Å². The van der Waals surface area contributed by atoms with E-state index in [0.29, 0.717) is 5.75 Å². The normalized spacial score (nSPS) is 10.9. The van der Waals surface area contributed by atoms with E-state index in [1.807, 2.05) is 52.0 Å². The standard InChI is InChI=1S/C16H24N2O3/c1-12-8-6-7-9-13(12)21-11-15(20)18(5)10-14(19)17-16(2,3)4/h6-9H,10-11H2,1-5H3,(H,17,19). The van der Waals surface area contributed by atoms with Crippen LogP contribution in [0.2, 0.25) is 0 Å². The van der Waals surface area contributed by atoms with Crippen LogP contribution in [-0.2, 0) is 9.59 Å². The van der Waals surface area contributed by atoms with Crippen molar-refractivity contribution < 1.29 is 14.3 Å². The highest BCUT2D eigenvalue weighted by Crippen LogP contribution is 2.15. The molecule has 0 saturated carbocycles. The Labute approximate surface area is 126 Å². The van der Waals surface area contributed by atoms with Gasteiger partial charge in [-0.05, 0) is 39.3 Å². The molecule has 0 atom stereocenters. The predicted octanol–water partition coefficient (Wildman–Crippen LogP) is 1.75. The summed E-state index contributed by atoms with van der Waals surface area (Å²) in [7, 11) is 1.59. The van der Waals surface area contributed by atoms with Crippen molar-refractivity contribution in [3.63, 3.8) is 0 Å². The van der Waals surface area contributed by atoms with Gasteiger partial charge in [-0.25, -0.2) is 0 Å². The van der Waals surface area contributed by atoms with Gasteiger partial charge in [-0.15, -0.1) is 0 Å². The summed E-state index contributed by atoms with van der Waals surface area (Å²) in [6.07, 6.45) is 0. The average Bonchev–Trinajstić information content (AvgIpc) is 2.34. The Hall–Kier alpha value is -2.04. The maximum absolute atomic E-state index is 11.9. The SMILES string of the molecule is Cc1ccccc1OCC(=O)N(C)CC(=O)NC(C)(C)C. The van der Waals surface area contributed by atoms with Crippen LogP contribution in [0.3, 0.4) is 0 Å². The lowest BCUT2D eigenvalue weighted by atomic mass is 10.1. The lowest BCUT2D eigenvalue weighted by molar-refractivity contribution is -0.136. The van der Waals surface area contributed by atoms with Gasteiger partial charge in [0.25, 0.3) is 5.91 Å². The summed E-state index contributed by atoms with van der Waals surface area (Å²) in [5.74, 6) is 0.259. The topological polar surface area (TPSA) is 58.6 Å². The van der Waals surface area contributed by atoms with E-state index in [1.165, 1.54) is 4.90 Å². The van der Waals surface area contributed by atoms with Crippen molar-refractivity contribution in [2.75, 3.05) is 20.2 Å². The van der Waals surface area contributed by atoms with Crippen molar-refractivity contribution in [3.05, 3.63) is 29.8 Å². The number of nitrogens with zero attached hydrogens (tertiary/aromatic N) is 1. The molecule has 0 bridgehead atoms. The molecule has 0 saturated heterocycles. The molecule has 5 heteroatoms. The minimum atomic E-state index is -0.307. The molecule has 116 valence electrons. The van der Waals surface area contributed by atoms with Crippen molar-refractivity contribution in [3.8, 4) is 5.75 Å². The van der Waals surface area contributed by atoms with Crippen LogP contribution in [0, 0.1) is 6.92 Å². The highest BCUT2D eigenvalue weighted by molar-refractivity contribution is 5.85. The van der Waals surface area contributed by atoms with Gasteiger partial charge in [0.1, 0.15) is 5.75 Å². The highest BCUT2D eigenvalue weighted by atomic mass is 16.5. The van der Waals surface area contributed by atoms with Crippen LogP contribution >= 0.6 is 0 Å². The maximum atomic E-state index is 11.9. The van der Waals surface area contributed by atoms with E-state index in [1.54, 1.807) is 7.05 Å².